The van der Waals surface area contributed by atoms with Crippen molar-refractivity contribution >= 4 is 32.7 Å². The average molecular weight is 539 g/mol. The van der Waals surface area contributed by atoms with E-state index < -0.39 is 0 Å². The topological polar surface area (TPSA) is 55.3 Å². The van der Waals surface area contributed by atoms with E-state index in [0.717, 1.165) is 63.0 Å². The van der Waals surface area contributed by atoms with Crippen molar-refractivity contribution in [3.05, 3.63) is 69.8 Å². The molecule has 2 N–H and O–H groups in total. The maximum Gasteiger partial charge on any atom is 0.221 e. The molecule has 2 aliphatic heterocycles. The van der Waals surface area contributed by atoms with Crippen LogP contribution in [0.1, 0.15) is 54.7 Å². The molecule has 35 heavy (non-hydrogen) atoms. The van der Waals surface area contributed by atoms with Gasteiger partial charge in [0.15, 0.2) is 0 Å². The van der Waals surface area contributed by atoms with Gasteiger partial charge in [-0.05, 0) is 80.9 Å². The molecule has 1 aromatic heterocycles. The minimum atomic E-state index is 0.00403. The van der Waals surface area contributed by atoms with Gasteiger partial charge in [-0.3, -0.25) is 4.79 Å². The zero-order chi connectivity index (χ0) is 24.2. The Bertz CT molecular complexity index is 1160. The van der Waals surface area contributed by atoms with Crippen LogP contribution in [-0.2, 0) is 16.1 Å². The number of piperidine rings is 1. The maximum absolute atomic E-state index is 13.3. The molecule has 0 bridgehead atoms. The van der Waals surface area contributed by atoms with E-state index in [1.807, 2.05) is 0 Å². The number of aryl methyl sites for hydroxylation is 1. The zero-order valence-electron chi connectivity index (χ0n) is 20.6. The number of halogens is 1. The molecule has 1 unspecified atom stereocenters. The number of nitrogens with zero attached hydrogens (tertiary/aromatic N) is 1. The molecule has 2 fully saturated rings. The molecule has 186 valence electrons. The average Bonchev–Trinajstić information content (AvgIpc) is 3.20. The third kappa shape index (κ3) is 5.99. The van der Waals surface area contributed by atoms with Crippen LogP contribution < -0.4 is 10.6 Å². The predicted molar refractivity (Wildman–Crippen MR) is 145 cm³/mol. The second-order valence-corrected chi connectivity index (χ2v) is 11.1. The minimum absolute atomic E-state index is 0.00403. The minimum Gasteiger partial charge on any atom is -0.381 e. The van der Waals surface area contributed by atoms with Crippen LogP contribution in [-0.4, -0.2) is 42.8 Å². The lowest BCUT2D eigenvalue weighted by Gasteiger charge is -2.25. The van der Waals surface area contributed by atoms with E-state index in [9.17, 15) is 4.79 Å². The maximum atomic E-state index is 13.3. The molecule has 3 aromatic rings. The molecule has 0 radical (unpaired) electrons. The van der Waals surface area contributed by atoms with Crippen molar-refractivity contribution in [2.24, 2.45) is 5.92 Å². The van der Waals surface area contributed by atoms with Crippen LogP contribution >= 0.6 is 15.9 Å². The smallest absolute Gasteiger partial charge is 0.221 e. The Balaban J connectivity index is 1.50. The monoisotopic (exact) mass is 537 g/mol. The number of benzene rings is 2. The van der Waals surface area contributed by atoms with Crippen LogP contribution in [0, 0.1) is 12.8 Å². The van der Waals surface area contributed by atoms with E-state index in [-0.39, 0.29) is 17.9 Å². The van der Waals surface area contributed by atoms with Crippen LogP contribution in [0.2, 0.25) is 0 Å². The van der Waals surface area contributed by atoms with E-state index in [0.29, 0.717) is 12.3 Å². The van der Waals surface area contributed by atoms with Gasteiger partial charge in [0, 0.05) is 59.7 Å². The van der Waals surface area contributed by atoms with Crippen LogP contribution in [0.5, 0.6) is 0 Å². The molecule has 5 nitrogen and oxygen atoms in total. The van der Waals surface area contributed by atoms with Gasteiger partial charge in [-0.2, -0.15) is 0 Å². The van der Waals surface area contributed by atoms with Gasteiger partial charge in [-0.1, -0.05) is 45.8 Å². The van der Waals surface area contributed by atoms with Gasteiger partial charge < -0.3 is 19.9 Å². The number of hydrogen-bond acceptors (Lipinski definition) is 3. The standard InChI is InChI=1S/C29H36BrN3O2/c1-20-3-2-4-22(15-20)25(17-29(34)32-24-7-11-31-12-8-24)27-19-33(18-21-9-13-35-14-10-21)28-6-5-23(30)16-26(27)28/h2-6,15-16,19,21,24-25,31H,7-14,17-18H2,1H3,(H,32,34). The first kappa shape index (κ1) is 24.5. The number of nitrogens with one attached hydrogen (secondary N) is 2. The Morgan fingerprint density at radius 1 is 1.14 bits per heavy atom. The molecule has 2 saturated heterocycles. The van der Waals surface area contributed by atoms with Crippen LogP contribution in [0.15, 0.2) is 53.1 Å². The molecule has 2 aromatic carbocycles. The lowest BCUT2D eigenvalue weighted by Crippen LogP contribution is -2.43. The van der Waals surface area contributed by atoms with E-state index in [1.54, 1.807) is 0 Å². The Morgan fingerprint density at radius 3 is 2.71 bits per heavy atom. The lowest BCUT2D eigenvalue weighted by atomic mass is 9.87. The summed E-state index contributed by atoms with van der Waals surface area (Å²) < 4.78 is 9.08. The first-order valence-electron chi connectivity index (χ1n) is 13.0. The molecule has 2 aliphatic rings. The summed E-state index contributed by atoms with van der Waals surface area (Å²) in [5.74, 6) is 0.768. The molecule has 5 rings (SSSR count). The highest BCUT2D eigenvalue weighted by Gasteiger charge is 2.26. The van der Waals surface area contributed by atoms with Gasteiger partial charge in [-0.25, -0.2) is 0 Å². The number of amides is 1. The highest BCUT2D eigenvalue weighted by atomic mass is 79.9. The van der Waals surface area contributed by atoms with Gasteiger partial charge in [0.2, 0.25) is 5.91 Å². The van der Waals surface area contributed by atoms with Crippen LogP contribution in [0.25, 0.3) is 10.9 Å². The van der Waals surface area contributed by atoms with Gasteiger partial charge in [0.25, 0.3) is 0 Å². The fraction of sp³-hybridized carbons (Fsp3) is 0.483. The highest BCUT2D eigenvalue weighted by molar-refractivity contribution is 9.10. The summed E-state index contributed by atoms with van der Waals surface area (Å²) in [7, 11) is 0. The van der Waals surface area contributed by atoms with E-state index in [4.69, 9.17) is 4.74 Å². The summed E-state index contributed by atoms with van der Waals surface area (Å²) >= 11 is 3.70. The Morgan fingerprint density at radius 2 is 1.94 bits per heavy atom. The quantitative estimate of drug-likeness (QED) is 0.416. The van der Waals surface area contributed by atoms with Crippen LogP contribution in [0.4, 0.5) is 0 Å². The number of ether oxygens (including phenoxy) is 1. The van der Waals surface area contributed by atoms with Crippen molar-refractivity contribution in [1.29, 1.82) is 0 Å². The summed E-state index contributed by atoms with van der Waals surface area (Å²) in [6, 6.07) is 15.5. The first-order chi connectivity index (χ1) is 17.1. The lowest BCUT2D eigenvalue weighted by molar-refractivity contribution is -0.122. The summed E-state index contributed by atoms with van der Waals surface area (Å²) in [6.07, 6.45) is 6.97. The second kappa shape index (κ2) is 11.3. The van der Waals surface area contributed by atoms with E-state index in [1.165, 1.54) is 27.6 Å². The van der Waals surface area contributed by atoms with E-state index in [2.05, 4.69) is 86.7 Å². The van der Waals surface area contributed by atoms with Crippen molar-refractivity contribution < 1.29 is 9.53 Å². The summed E-state index contributed by atoms with van der Waals surface area (Å²) in [5.41, 5.74) is 4.90. The molecule has 1 atom stereocenters. The van der Waals surface area contributed by atoms with Crippen molar-refractivity contribution in [3.8, 4) is 0 Å². The molecule has 0 saturated carbocycles. The molecule has 1 amide bonds. The third-order valence-corrected chi connectivity index (χ3v) is 8.08. The largest absolute Gasteiger partial charge is 0.381 e. The van der Waals surface area contributed by atoms with Crippen molar-refractivity contribution in [2.75, 3.05) is 26.3 Å². The van der Waals surface area contributed by atoms with Gasteiger partial charge >= 0.3 is 0 Å². The number of carbonyl (C=O) groups is 1. The predicted octanol–water partition coefficient (Wildman–Crippen LogP) is 5.53. The first-order valence-corrected chi connectivity index (χ1v) is 13.8. The van der Waals surface area contributed by atoms with Crippen LogP contribution in [0.3, 0.4) is 0 Å². The fourth-order valence-corrected chi connectivity index (χ4v) is 6.03. The Kier molecular flexibility index (Phi) is 7.91. The molecule has 6 heteroatoms. The highest BCUT2D eigenvalue weighted by Crippen LogP contribution is 2.37. The Hall–Kier alpha value is -2.15. The van der Waals surface area contributed by atoms with Gasteiger partial charge in [0.05, 0.1) is 0 Å². The number of aromatic nitrogens is 1. The Labute approximate surface area is 216 Å². The van der Waals surface area contributed by atoms with Crippen molar-refractivity contribution in [3.63, 3.8) is 0 Å². The van der Waals surface area contributed by atoms with E-state index >= 15 is 0 Å². The van der Waals surface area contributed by atoms with Crippen molar-refractivity contribution in [1.82, 2.24) is 15.2 Å². The molecular weight excluding hydrogens is 502 g/mol. The van der Waals surface area contributed by atoms with Crippen molar-refractivity contribution in [2.45, 2.75) is 57.5 Å². The summed E-state index contributed by atoms with van der Waals surface area (Å²) in [4.78, 5) is 13.3. The SMILES string of the molecule is Cc1cccc(C(CC(=O)NC2CCNCC2)c2cn(CC3CCOCC3)c3ccc(Br)cc23)c1. The summed E-state index contributed by atoms with van der Waals surface area (Å²) in [6.45, 7) is 6.76. The summed E-state index contributed by atoms with van der Waals surface area (Å²) in [5, 5.41) is 7.94. The second-order valence-electron chi connectivity index (χ2n) is 10.2. The third-order valence-electron chi connectivity index (χ3n) is 7.58. The normalized spacial score (nSPS) is 18.6. The number of rotatable bonds is 7. The van der Waals surface area contributed by atoms with Gasteiger partial charge in [0.1, 0.15) is 0 Å². The molecule has 0 spiro atoms. The fourth-order valence-electron chi connectivity index (χ4n) is 5.67. The molecule has 3 heterocycles. The number of carbonyl (C=O) groups excluding carboxylic acids is 1. The zero-order valence-corrected chi connectivity index (χ0v) is 22.1. The van der Waals surface area contributed by atoms with Gasteiger partial charge in [-0.15, -0.1) is 0 Å². The number of hydrogen-bond donors (Lipinski definition) is 2. The number of fused-ring (bicyclic) bond motifs is 1. The molecule has 0 aliphatic carbocycles. The molecular formula is C29H36BrN3O2.